The second-order valence-electron chi connectivity index (χ2n) is 5.06. The third kappa shape index (κ3) is 3.24. The lowest BCUT2D eigenvalue weighted by Gasteiger charge is -2.15. The van der Waals surface area contributed by atoms with Crippen LogP contribution in [0.25, 0.3) is 11.1 Å². The highest BCUT2D eigenvalue weighted by molar-refractivity contribution is 5.78. The molecule has 0 aliphatic rings. The van der Waals surface area contributed by atoms with Crippen LogP contribution < -0.4 is 0 Å². The molecule has 0 aliphatic carbocycles. The van der Waals surface area contributed by atoms with Gasteiger partial charge in [0.15, 0.2) is 0 Å². The highest BCUT2D eigenvalue weighted by atomic mass is 16.5. The SMILES string of the molecule is CCc1cc(-c2ccc(O)cc2)ccc1C(C)C(=O)OC. The molecule has 0 fully saturated rings. The Balaban J connectivity index is 2.40. The maximum Gasteiger partial charge on any atom is 0.312 e. The number of methoxy groups -OCH3 is 1. The highest BCUT2D eigenvalue weighted by Crippen LogP contribution is 2.28. The molecule has 21 heavy (non-hydrogen) atoms. The number of ether oxygens (including phenoxy) is 1. The van der Waals surface area contributed by atoms with Gasteiger partial charge >= 0.3 is 5.97 Å². The number of aryl methyl sites for hydroxylation is 1. The van der Waals surface area contributed by atoms with Crippen LogP contribution in [0.3, 0.4) is 0 Å². The number of esters is 1. The lowest BCUT2D eigenvalue weighted by molar-refractivity contribution is -0.142. The summed E-state index contributed by atoms with van der Waals surface area (Å²) >= 11 is 0. The fourth-order valence-electron chi connectivity index (χ4n) is 2.47. The average Bonchev–Trinajstić information content (AvgIpc) is 2.53. The Bertz CT molecular complexity index is 629. The van der Waals surface area contributed by atoms with Crippen molar-refractivity contribution in [1.29, 1.82) is 0 Å². The Hall–Kier alpha value is -2.29. The van der Waals surface area contributed by atoms with E-state index in [1.807, 2.05) is 31.2 Å². The van der Waals surface area contributed by atoms with E-state index in [9.17, 15) is 9.90 Å². The smallest absolute Gasteiger partial charge is 0.312 e. The minimum atomic E-state index is -0.265. The van der Waals surface area contributed by atoms with Crippen molar-refractivity contribution in [3.05, 3.63) is 53.6 Å². The van der Waals surface area contributed by atoms with E-state index in [2.05, 4.69) is 13.0 Å². The predicted octanol–water partition coefficient (Wildman–Crippen LogP) is 3.90. The van der Waals surface area contributed by atoms with Crippen LogP contribution in [0.1, 0.15) is 30.9 Å². The van der Waals surface area contributed by atoms with Crippen molar-refractivity contribution in [2.45, 2.75) is 26.2 Å². The lowest BCUT2D eigenvalue weighted by Crippen LogP contribution is -2.12. The fraction of sp³-hybridized carbons (Fsp3) is 0.278. The largest absolute Gasteiger partial charge is 0.508 e. The first-order valence-corrected chi connectivity index (χ1v) is 7.06. The molecule has 0 saturated carbocycles. The summed E-state index contributed by atoms with van der Waals surface area (Å²) < 4.78 is 4.83. The Morgan fingerprint density at radius 2 is 1.76 bits per heavy atom. The molecule has 0 aliphatic heterocycles. The number of carbonyl (C=O) groups excluding carboxylic acids is 1. The Morgan fingerprint density at radius 3 is 2.33 bits per heavy atom. The standard InChI is InChI=1S/C18H20O3/c1-4-13-11-15(14-5-8-16(19)9-6-14)7-10-17(13)12(2)18(20)21-3/h5-12,19H,4H2,1-3H3. The van der Waals surface area contributed by atoms with Crippen molar-refractivity contribution in [3.63, 3.8) is 0 Å². The van der Waals surface area contributed by atoms with Gasteiger partial charge in [0, 0.05) is 0 Å². The van der Waals surface area contributed by atoms with Crippen LogP contribution in [0.2, 0.25) is 0 Å². The maximum atomic E-state index is 11.7. The molecule has 0 aromatic heterocycles. The third-order valence-corrected chi connectivity index (χ3v) is 3.75. The van der Waals surface area contributed by atoms with Crippen molar-refractivity contribution in [2.24, 2.45) is 0 Å². The molecule has 0 bridgehead atoms. The Morgan fingerprint density at radius 1 is 1.14 bits per heavy atom. The minimum Gasteiger partial charge on any atom is -0.508 e. The summed E-state index contributed by atoms with van der Waals surface area (Å²) in [4.78, 5) is 11.7. The first-order valence-electron chi connectivity index (χ1n) is 7.06. The van der Waals surface area contributed by atoms with E-state index in [-0.39, 0.29) is 17.6 Å². The molecule has 3 heteroatoms. The number of rotatable bonds is 4. The van der Waals surface area contributed by atoms with E-state index >= 15 is 0 Å². The summed E-state index contributed by atoms with van der Waals surface area (Å²) in [6.07, 6.45) is 0.850. The molecule has 1 unspecified atom stereocenters. The molecule has 0 heterocycles. The summed E-state index contributed by atoms with van der Waals surface area (Å²) in [5.74, 6) is -0.230. The first kappa shape index (κ1) is 15.1. The molecule has 0 saturated heterocycles. The zero-order valence-corrected chi connectivity index (χ0v) is 12.6. The molecule has 3 nitrogen and oxygen atoms in total. The monoisotopic (exact) mass is 284 g/mol. The predicted molar refractivity (Wildman–Crippen MR) is 83.4 cm³/mol. The number of hydrogen-bond donors (Lipinski definition) is 1. The summed E-state index contributed by atoms with van der Waals surface area (Å²) in [7, 11) is 1.41. The zero-order chi connectivity index (χ0) is 15.4. The molecule has 0 spiro atoms. The van der Waals surface area contributed by atoms with Crippen LogP contribution in [0.15, 0.2) is 42.5 Å². The molecule has 0 radical (unpaired) electrons. The molecule has 1 N–H and O–H groups in total. The van der Waals surface area contributed by atoms with Gasteiger partial charge in [-0.05, 0) is 47.7 Å². The van der Waals surface area contributed by atoms with Gasteiger partial charge in [0.1, 0.15) is 5.75 Å². The van der Waals surface area contributed by atoms with Crippen LogP contribution in [-0.4, -0.2) is 18.2 Å². The van der Waals surface area contributed by atoms with E-state index in [4.69, 9.17) is 4.74 Å². The Kier molecular flexibility index (Phi) is 4.63. The number of benzene rings is 2. The summed E-state index contributed by atoms with van der Waals surface area (Å²) in [5.41, 5.74) is 4.26. The number of carbonyl (C=O) groups is 1. The number of phenolic OH excluding ortho intramolecular Hbond substituents is 1. The maximum absolute atomic E-state index is 11.7. The highest BCUT2D eigenvalue weighted by Gasteiger charge is 2.18. The summed E-state index contributed by atoms with van der Waals surface area (Å²) in [6.45, 7) is 3.93. The van der Waals surface area contributed by atoms with Gasteiger partial charge in [-0.15, -0.1) is 0 Å². The van der Waals surface area contributed by atoms with Gasteiger partial charge in [-0.1, -0.05) is 37.3 Å². The molecule has 110 valence electrons. The summed E-state index contributed by atoms with van der Waals surface area (Å²) in [6, 6.07) is 13.2. The van der Waals surface area contributed by atoms with Crippen LogP contribution in [-0.2, 0) is 16.0 Å². The Labute approximate surface area is 125 Å². The zero-order valence-electron chi connectivity index (χ0n) is 12.6. The molecule has 1 atom stereocenters. The van der Waals surface area contributed by atoms with E-state index in [0.29, 0.717) is 0 Å². The van der Waals surface area contributed by atoms with E-state index in [1.165, 1.54) is 7.11 Å². The number of hydrogen-bond acceptors (Lipinski definition) is 3. The fourth-order valence-corrected chi connectivity index (χ4v) is 2.47. The molecule has 2 aromatic rings. The van der Waals surface area contributed by atoms with Gasteiger partial charge in [-0.25, -0.2) is 0 Å². The second kappa shape index (κ2) is 6.44. The molecule has 2 rings (SSSR count). The van der Waals surface area contributed by atoms with Crippen LogP contribution in [0, 0.1) is 0 Å². The normalized spacial score (nSPS) is 12.0. The van der Waals surface area contributed by atoms with Crippen molar-refractivity contribution in [3.8, 4) is 16.9 Å². The van der Waals surface area contributed by atoms with Crippen molar-refractivity contribution < 1.29 is 14.6 Å². The van der Waals surface area contributed by atoms with Crippen LogP contribution in [0.4, 0.5) is 0 Å². The quantitative estimate of drug-likeness (QED) is 0.866. The van der Waals surface area contributed by atoms with Gasteiger partial charge in [0.2, 0.25) is 0 Å². The van der Waals surface area contributed by atoms with Crippen molar-refractivity contribution in [1.82, 2.24) is 0 Å². The molecular weight excluding hydrogens is 264 g/mol. The van der Waals surface area contributed by atoms with Crippen LogP contribution in [0.5, 0.6) is 5.75 Å². The first-order chi connectivity index (χ1) is 10.1. The summed E-state index contributed by atoms with van der Waals surface area (Å²) in [5, 5.41) is 9.36. The van der Waals surface area contributed by atoms with Gasteiger partial charge in [-0.2, -0.15) is 0 Å². The van der Waals surface area contributed by atoms with Crippen molar-refractivity contribution in [2.75, 3.05) is 7.11 Å². The topological polar surface area (TPSA) is 46.5 Å². The number of aromatic hydroxyl groups is 1. The van der Waals surface area contributed by atoms with Crippen molar-refractivity contribution >= 4 is 5.97 Å². The minimum absolute atomic E-state index is 0.220. The van der Waals surface area contributed by atoms with Gasteiger partial charge < -0.3 is 9.84 Å². The van der Waals surface area contributed by atoms with Crippen LogP contribution >= 0.6 is 0 Å². The lowest BCUT2D eigenvalue weighted by atomic mass is 9.91. The molecule has 2 aromatic carbocycles. The number of phenols is 1. The third-order valence-electron chi connectivity index (χ3n) is 3.75. The second-order valence-corrected chi connectivity index (χ2v) is 5.06. The average molecular weight is 284 g/mol. The van der Waals surface area contributed by atoms with E-state index in [0.717, 1.165) is 28.7 Å². The van der Waals surface area contributed by atoms with Gasteiger partial charge in [0.25, 0.3) is 0 Å². The van der Waals surface area contributed by atoms with Gasteiger partial charge in [0.05, 0.1) is 13.0 Å². The molecule has 0 amide bonds. The molecular formula is C18H20O3. The van der Waals surface area contributed by atoms with E-state index in [1.54, 1.807) is 12.1 Å². The van der Waals surface area contributed by atoms with Gasteiger partial charge in [-0.3, -0.25) is 4.79 Å². The van der Waals surface area contributed by atoms with E-state index < -0.39 is 0 Å².